The Balaban J connectivity index is 2.20. The molecule has 5 heteroatoms. The van der Waals surface area contributed by atoms with Crippen LogP contribution in [-0.4, -0.2) is 26.4 Å². The predicted octanol–water partition coefficient (Wildman–Crippen LogP) is 1.62. The Hall–Kier alpha value is -2.14. The molecule has 0 fully saturated rings. The Kier molecular flexibility index (Phi) is 2.83. The van der Waals surface area contributed by atoms with Gasteiger partial charge in [0.15, 0.2) is 0 Å². The van der Waals surface area contributed by atoms with Crippen molar-refractivity contribution in [2.75, 3.05) is 7.05 Å². The molecular weight excluding hydrogens is 238 g/mol. The molecule has 19 heavy (non-hydrogen) atoms. The van der Waals surface area contributed by atoms with Gasteiger partial charge in [-0.05, 0) is 13.1 Å². The van der Waals surface area contributed by atoms with Gasteiger partial charge < -0.3 is 9.88 Å². The summed E-state index contributed by atoms with van der Waals surface area (Å²) in [5.74, 6) is 0.964. The topological polar surface area (TPSA) is 47.7 Å². The zero-order chi connectivity index (χ0) is 13.4. The second-order valence-corrected chi connectivity index (χ2v) is 4.64. The molecule has 1 N–H and O–H groups in total. The fourth-order valence-corrected chi connectivity index (χ4v) is 2.50. The van der Waals surface area contributed by atoms with Crippen LogP contribution in [0, 0.1) is 0 Å². The van der Waals surface area contributed by atoms with E-state index < -0.39 is 0 Å². The van der Waals surface area contributed by atoms with Crippen molar-refractivity contribution < 1.29 is 0 Å². The van der Waals surface area contributed by atoms with Crippen LogP contribution in [-0.2, 0) is 14.1 Å². The number of aromatic nitrogens is 4. The predicted molar refractivity (Wildman–Crippen MR) is 74.8 cm³/mol. The van der Waals surface area contributed by atoms with Gasteiger partial charge >= 0.3 is 0 Å². The van der Waals surface area contributed by atoms with Gasteiger partial charge in [-0.25, -0.2) is 4.98 Å². The van der Waals surface area contributed by atoms with Crippen molar-refractivity contribution in [3.8, 4) is 0 Å². The Labute approximate surface area is 111 Å². The number of nitrogens with one attached hydrogen (secondary N) is 1. The summed E-state index contributed by atoms with van der Waals surface area (Å²) in [6.45, 7) is 0. The summed E-state index contributed by atoms with van der Waals surface area (Å²) < 4.78 is 3.93. The number of hydrogen-bond donors (Lipinski definition) is 1. The highest BCUT2D eigenvalue weighted by Crippen LogP contribution is 2.26. The van der Waals surface area contributed by atoms with Crippen molar-refractivity contribution in [3.05, 3.63) is 48.2 Å². The van der Waals surface area contributed by atoms with E-state index in [0.717, 1.165) is 22.4 Å². The van der Waals surface area contributed by atoms with Crippen molar-refractivity contribution in [1.82, 2.24) is 24.6 Å². The fraction of sp³-hybridized carbons (Fsp3) is 0.286. The van der Waals surface area contributed by atoms with Gasteiger partial charge in [0.25, 0.3) is 0 Å². The van der Waals surface area contributed by atoms with Crippen LogP contribution in [0.25, 0.3) is 10.9 Å². The standard InChI is InChI=1S/C14H17N5/c1-15-13(14-16-8-9-18(14)2)12-10-6-4-5-7-11(10)19(3)17-12/h4-9,13,15H,1-3H3. The van der Waals surface area contributed by atoms with Crippen molar-refractivity contribution in [1.29, 1.82) is 0 Å². The quantitative estimate of drug-likeness (QED) is 0.773. The summed E-state index contributed by atoms with van der Waals surface area (Å²) in [6, 6.07) is 8.25. The minimum Gasteiger partial charge on any atom is -0.336 e. The lowest BCUT2D eigenvalue weighted by Gasteiger charge is -2.14. The van der Waals surface area contributed by atoms with E-state index in [1.54, 1.807) is 0 Å². The minimum absolute atomic E-state index is 0.00824. The largest absolute Gasteiger partial charge is 0.336 e. The van der Waals surface area contributed by atoms with Gasteiger partial charge in [0.1, 0.15) is 11.9 Å². The molecule has 0 amide bonds. The molecule has 2 heterocycles. The normalized spacial score (nSPS) is 13.0. The molecule has 0 bridgehead atoms. The van der Waals surface area contributed by atoms with Crippen molar-refractivity contribution in [2.24, 2.45) is 14.1 Å². The number of fused-ring (bicyclic) bond motifs is 1. The third kappa shape index (κ3) is 1.82. The summed E-state index contributed by atoms with van der Waals surface area (Å²) in [6.07, 6.45) is 3.76. The van der Waals surface area contributed by atoms with E-state index in [0.29, 0.717) is 0 Å². The summed E-state index contributed by atoms with van der Waals surface area (Å²) in [5.41, 5.74) is 2.14. The highest BCUT2D eigenvalue weighted by atomic mass is 15.3. The molecule has 1 aromatic carbocycles. The molecule has 1 atom stereocenters. The number of benzene rings is 1. The van der Waals surface area contributed by atoms with Crippen LogP contribution in [0.15, 0.2) is 36.7 Å². The zero-order valence-electron chi connectivity index (χ0n) is 11.3. The van der Waals surface area contributed by atoms with E-state index in [1.807, 2.05) is 54.9 Å². The zero-order valence-corrected chi connectivity index (χ0v) is 11.3. The molecule has 0 aliphatic carbocycles. The summed E-state index contributed by atoms with van der Waals surface area (Å²) in [7, 11) is 5.90. The molecule has 0 radical (unpaired) electrons. The number of aryl methyl sites for hydroxylation is 2. The molecule has 0 aliphatic heterocycles. The van der Waals surface area contributed by atoms with Crippen LogP contribution in [0.2, 0.25) is 0 Å². The Morgan fingerprint density at radius 1 is 1.21 bits per heavy atom. The maximum absolute atomic E-state index is 4.66. The lowest BCUT2D eigenvalue weighted by molar-refractivity contribution is 0.593. The van der Waals surface area contributed by atoms with E-state index in [9.17, 15) is 0 Å². The number of rotatable bonds is 3. The molecule has 1 unspecified atom stereocenters. The van der Waals surface area contributed by atoms with Crippen LogP contribution in [0.1, 0.15) is 17.6 Å². The second kappa shape index (κ2) is 4.51. The van der Waals surface area contributed by atoms with Gasteiger partial charge in [-0.1, -0.05) is 18.2 Å². The molecule has 0 saturated carbocycles. The number of imidazole rings is 1. The summed E-state index contributed by atoms with van der Waals surface area (Å²) in [5, 5.41) is 9.13. The average molecular weight is 255 g/mol. The molecule has 0 saturated heterocycles. The van der Waals surface area contributed by atoms with Crippen molar-refractivity contribution in [3.63, 3.8) is 0 Å². The van der Waals surface area contributed by atoms with E-state index in [4.69, 9.17) is 0 Å². The third-order valence-electron chi connectivity index (χ3n) is 3.47. The van der Waals surface area contributed by atoms with Gasteiger partial charge in [0, 0.05) is 31.9 Å². The maximum Gasteiger partial charge on any atom is 0.131 e. The molecule has 5 nitrogen and oxygen atoms in total. The molecular formula is C14H17N5. The lowest BCUT2D eigenvalue weighted by Crippen LogP contribution is -2.22. The van der Waals surface area contributed by atoms with Crippen LogP contribution < -0.4 is 5.32 Å². The number of para-hydroxylation sites is 1. The van der Waals surface area contributed by atoms with Gasteiger partial charge in [0.05, 0.1) is 11.2 Å². The Morgan fingerprint density at radius 3 is 2.68 bits per heavy atom. The number of nitrogens with zero attached hydrogens (tertiary/aromatic N) is 4. The van der Waals surface area contributed by atoms with Gasteiger partial charge in [-0.15, -0.1) is 0 Å². The van der Waals surface area contributed by atoms with E-state index in [1.165, 1.54) is 0 Å². The highest BCUT2D eigenvalue weighted by Gasteiger charge is 2.22. The molecule has 3 aromatic rings. The van der Waals surface area contributed by atoms with Crippen molar-refractivity contribution >= 4 is 10.9 Å². The first-order valence-corrected chi connectivity index (χ1v) is 6.28. The van der Waals surface area contributed by atoms with E-state index >= 15 is 0 Å². The minimum atomic E-state index is -0.00824. The van der Waals surface area contributed by atoms with Crippen molar-refractivity contribution in [2.45, 2.75) is 6.04 Å². The first-order valence-electron chi connectivity index (χ1n) is 6.28. The monoisotopic (exact) mass is 255 g/mol. The summed E-state index contributed by atoms with van der Waals surface area (Å²) in [4.78, 5) is 4.43. The first kappa shape index (κ1) is 11.9. The van der Waals surface area contributed by atoms with Crippen LogP contribution in [0.4, 0.5) is 0 Å². The molecule has 2 aromatic heterocycles. The van der Waals surface area contributed by atoms with Crippen LogP contribution >= 0.6 is 0 Å². The molecule has 98 valence electrons. The average Bonchev–Trinajstić information content (AvgIpc) is 2.98. The maximum atomic E-state index is 4.66. The van der Waals surface area contributed by atoms with Gasteiger partial charge in [-0.2, -0.15) is 5.10 Å². The first-order chi connectivity index (χ1) is 9.22. The second-order valence-electron chi connectivity index (χ2n) is 4.64. The Morgan fingerprint density at radius 2 is 2.00 bits per heavy atom. The highest BCUT2D eigenvalue weighted by molar-refractivity contribution is 5.82. The molecule has 0 spiro atoms. The van der Waals surface area contributed by atoms with E-state index in [2.05, 4.69) is 27.5 Å². The summed E-state index contributed by atoms with van der Waals surface area (Å²) >= 11 is 0. The Bertz CT molecular complexity index is 710. The third-order valence-corrected chi connectivity index (χ3v) is 3.47. The number of hydrogen-bond acceptors (Lipinski definition) is 3. The van der Waals surface area contributed by atoms with Gasteiger partial charge in [-0.3, -0.25) is 4.68 Å². The van der Waals surface area contributed by atoms with Gasteiger partial charge in [0.2, 0.25) is 0 Å². The smallest absolute Gasteiger partial charge is 0.131 e. The SMILES string of the molecule is CNC(c1nn(C)c2ccccc12)c1nccn1C. The van der Waals surface area contributed by atoms with E-state index in [-0.39, 0.29) is 6.04 Å². The van der Waals surface area contributed by atoms with Crippen LogP contribution in [0.5, 0.6) is 0 Å². The molecule has 3 rings (SSSR count). The lowest BCUT2D eigenvalue weighted by atomic mass is 10.1. The van der Waals surface area contributed by atoms with Crippen LogP contribution in [0.3, 0.4) is 0 Å². The molecule has 0 aliphatic rings. The fourth-order valence-electron chi connectivity index (χ4n) is 2.50.